The van der Waals surface area contributed by atoms with Gasteiger partial charge >= 0.3 is 0 Å². The van der Waals surface area contributed by atoms with E-state index in [1.54, 1.807) is 0 Å². The van der Waals surface area contributed by atoms with E-state index >= 15 is 0 Å². The average molecular weight is 438 g/mol. The second-order valence-corrected chi connectivity index (χ2v) is 9.63. The van der Waals surface area contributed by atoms with Crippen LogP contribution in [0.25, 0.3) is 0 Å². The van der Waals surface area contributed by atoms with E-state index in [0.29, 0.717) is 29.9 Å². The number of ether oxygens (including phenoxy) is 1. The van der Waals surface area contributed by atoms with Crippen molar-refractivity contribution in [1.82, 2.24) is 15.0 Å². The monoisotopic (exact) mass is 437 g/mol. The molecule has 172 valence electrons. The van der Waals surface area contributed by atoms with E-state index in [1.807, 2.05) is 13.8 Å². The number of carbonyl (C=O) groups is 1. The van der Waals surface area contributed by atoms with Crippen LogP contribution < -0.4 is 0 Å². The van der Waals surface area contributed by atoms with Crippen LogP contribution in [0.3, 0.4) is 0 Å². The Morgan fingerprint density at radius 3 is 2.62 bits per heavy atom. The van der Waals surface area contributed by atoms with Gasteiger partial charge in [0.25, 0.3) is 5.91 Å². The summed E-state index contributed by atoms with van der Waals surface area (Å²) in [5.41, 5.74) is 4.14. The number of carbonyl (C=O) groups excluding carboxylic acids is 1. The van der Waals surface area contributed by atoms with E-state index < -0.39 is 0 Å². The van der Waals surface area contributed by atoms with Crippen molar-refractivity contribution >= 4 is 5.91 Å². The molecule has 6 nitrogen and oxygen atoms in total. The van der Waals surface area contributed by atoms with E-state index in [1.165, 1.54) is 30.4 Å². The van der Waals surface area contributed by atoms with Gasteiger partial charge in [0.2, 0.25) is 0 Å². The second kappa shape index (κ2) is 9.36. The number of rotatable bonds is 5. The molecule has 3 heterocycles. The first-order valence-corrected chi connectivity index (χ1v) is 12.3. The standard InChI is InChI=1S/C26H35N3O3/c1-3-24-25(18(2)27-32-24)26(30)29-17-22(21-6-4-5-7-23(21)29)20-10-8-19(9-11-20)16-28-12-14-31-15-13-28/h8-11,21-23H,3-7,12-17H2,1-2H3/t21-,22-,23-/m1/s1. The van der Waals surface area contributed by atoms with Gasteiger partial charge in [0.15, 0.2) is 0 Å². The molecule has 3 fully saturated rings. The van der Waals surface area contributed by atoms with Crippen molar-refractivity contribution in [3.63, 3.8) is 0 Å². The van der Waals surface area contributed by atoms with Crippen LogP contribution in [0.5, 0.6) is 0 Å². The van der Waals surface area contributed by atoms with Crippen molar-refractivity contribution in [3.05, 3.63) is 52.4 Å². The molecule has 2 aromatic rings. The van der Waals surface area contributed by atoms with Crippen LogP contribution in [0.2, 0.25) is 0 Å². The molecule has 1 aliphatic carbocycles. The molecule has 0 radical (unpaired) electrons. The highest BCUT2D eigenvalue weighted by Gasteiger charge is 2.46. The molecule has 1 aromatic carbocycles. The van der Waals surface area contributed by atoms with Gasteiger partial charge in [-0.2, -0.15) is 0 Å². The Labute approximate surface area is 190 Å². The molecule has 3 aliphatic rings. The zero-order valence-electron chi connectivity index (χ0n) is 19.4. The van der Waals surface area contributed by atoms with Crippen LogP contribution in [0.1, 0.15) is 71.5 Å². The minimum absolute atomic E-state index is 0.115. The summed E-state index contributed by atoms with van der Waals surface area (Å²) in [6.45, 7) is 9.36. The summed E-state index contributed by atoms with van der Waals surface area (Å²) < 4.78 is 10.9. The SMILES string of the molecule is CCc1onc(C)c1C(=O)N1C[C@H](c2ccc(CN3CCOCC3)cc2)[C@H]2CCCC[C@H]21. The van der Waals surface area contributed by atoms with Gasteiger partial charge in [-0.05, 0) is 36.8 Å². The number of aryl methyl sites for hydroxylation is 2. The molecule has 1 aromatic heterocycles. The van der Waals surface area contributed by atoms with Gasteiger partial charge in [-0.25, -0.2) is 0 Å². The van der Waals surface area contributed by atoms with Gasteiger partial charge in [0.1, 0.15) is 11.3 Å². The quantitative estimate of drug-likeness (QED) is 0.702. The number of morpholine rings is 1. The summed E-state index contributed by atoms with van der Waals surface area (Å²) in [6, 6.07) is 9.51. The van der Waals surface area contributed by atoms with E-state index in [-0.39, 0.29) is 5.91 Å². The number of benzene rings is 1. The molecule has 0 bridgehead atoms. The summed E-state index contributed by atoms with van der Waals surface area (Å²) in [5.74, 6) is 1.79. The number of amides is 1. The third-order valence-corrected chi connectivity index (χ3v) is 7.74. The number of aromatic nitrogens is 1. The molecule has 2 aliphatic heterocycles. The molecule has 32 heavy (non-hydrogen) atoms. The maximum absolute atomic E-state index is 13.6. The van der Waals surface area contributed by atoms with E-state index in [9.17, 15) is 4.79 Å². The molecule has 6 heteroatoms. The fourth-order valence-electron chi connectivity index (χ4n) is 6.03. The molecule has 1 saturated carbocycles. The third kappa shape index (κ3) is 4.11. The minimum atomic E-state index is 0.115. The number of hydrogen-bond acceptors (Lipinski definition) is 5. The number of hydrogen-bond donors (Lipinski definition) is 0. The van der Waals surface area contributed by atoms with E-state index in [2.05, 4.69) is 39.2 Å². The summed E-state index contributed by atoms with van der Waals surface area (Å²) in [5, 5.41) is 4.08. The summed E-state index contributed by atoms with van der Waals surface area (Å²) in [4.78, 5) is 18.2. The molecule has 0 spiro atoms. The number of fused-ring (bicyclic) bond motifs is 1. The predicted octanol–water partition coefficient (Wildman–Crippen LogP) is 4.18. The van der Waals surface area contributed by atoms with Crippen LogP contribution in [0.4, 0.5) is 0 Å². The van der Waals surface area contributed by atoms with Crippen molar-refractivity contribution in [2.45, 2.75) is 64.5 Å². The summed E-state index contributed by atoms with van der Waals surface area (Å²) in [7, 11) is 0. The number of likely N-dealkylation sites (tertiary alicyclic amines) is 1. The zero-order chi connectivity index (χ0) is 22.1. The Hall–Kier alpha value is -2.18. The second-order valence-electron chi connectivity index (χ2n) is 9.63. The van der Waals surface area contributed by atoms with Crippen LogP contribution in [0.15, 0.2) is 28.8 Å². The highest BCUT2D eigenvalue weighted by Crippen LogP contribution is 2.45. The molecule has 3 atom stereocenters. The molecule has 1 amide bonds. The Balaban J connectivity index is 1.35. The fourth-order valence-corrected chi connectivity index (χ4v) is 6.03. The Morgan fingerprint density at radius 2 is 1.88 bits per heavy atom. The van der Waals surface area contributed by atoms with Gasteiger partial charge in [-0.1, -0.05) is 49.2 Å². The average Bonchev–Trinajstić information content (AvgIpc) is 3.40. The fraction of sp³-hybridized carbons (Fsp3) is 0.615. The highest BCUT2D eigenvalue weighted by atomic mass is 16.5. The first-order chi connectivity index (χ1) is 15.7. The topological polar surface area (TPSA) is 58.8 Å². The molecular weight excluding hydrogens is 402 g/mol. The highest BCUT2D eigenvalue weighted by molar-refractivity contribution is 5.96. The van der Waals surface area contributed by atoms with Gasteiger partial charge < -0.3 is 14.2 Å². The lowest BCUT2D eigenvalue weighted by Gasteiger charge is -2.32. The first kappa shape index (κ1) is 21.7. The van der Waals surface area contributed by atoms with Gasteiger partial charge in [0.05, 0.1) is 18.9 Å². The summed E-state index contributed by atoms with van der Waals surface area (Å²) in [6.07, 6.45) is 5.48. The predicted molar refractivity (Wildman–Crippen MR) is 123 cm³/mol. The van der Waals surface area contributed by atoms with E-state index in [4.69, 9.17) is 9.26 Å². The lowest BCUT2D eigenvalue weighted by molar-refractivity contribution is 0.0342. The van der Waals surface area contributed by atoms with Gasteiger partial charge in [0, 0.05) is 44.6 Å². The van der Waals surface area contributed by atoms with Crippen molar-refractivity contribution in [2.24, 2.45) is 5.92 Å². The van der Waals surface area contributed by atoms with Crippen LogP contribution in [-0.2, 0) is 17.7 Å². The number of nitrogens with zero attached hydrogens (tertiary/aromatic N) is 3. The maximum Gasteiger partial charge on any atom is 0.259 e. The molecule has 0 N–H and O–H groups in total. The van der Waals surface area contributed by atoms with Crippen LogP contribution >= 0.6 is 0 Å². The maximum atomic E-state index is 13.6. The zero-order valence-corrected chi connectivity index (χ0v) is 19.4. The largest absolute Gasteiger partial charge is 0.379 e. The smallest absolute Gasteiger partial charge is 0.259 e. The van der Waals surface area contributed by atoms with Crippen molar-refractivity contribution in [1.29, 1.82) is 0 Å². The summed E-state index contributed by atoms with van der Waals surface area (Å²) >= 11 is 0. The van der Waals surface area contributed by atoms with Crippen molar-refractivity contribution < 1.29 is 14.1 Å². The first-order valence-electron chi connectivity index (χ1n) is 12.3. The van der Waals surface area contributed by atoms with Crippen molar-refractivity contribution in [3.8, 4) is 0 Å². The molecular formula is C26H35N3O3. The van der Waals surface area contributed by atoms with Gasteiger partial charge in [-0.15, -0.1) is 0 Å². The van der Waals surface area contributed by atoms with Crippen LogP contribution in [-0.4, -0.2) is 59.8 Å². The Morgan fingerprint density at radius 1 is 1.12 bits per heavy atom. The van der Waals surface area contributed by atoms with Crippen LogP contribution in [0, 0.1) is 12.8 Å². The molecule has 2 saturated heterocycles. The normalized spacial score (nSPS) is 26.3. The van der Waals surface area contributed by atoms with E-state index in [0.717, 1.165) is 57.3 Å². The minimum Gasteiger partial charge on any atom is -0.379 e. The van der Waals surface area contributed by atoms with Gasteiger partial charge in [-0.3, -0.25) is 9.69 Å². The van der Waals surface area contributed by atoms with Crippen molar-refractivity contribution in [2.75, 3.05) is 32.8 Å². The lowest BCUT2D eigenvalue weighted by atomic mass is 9.77. The third-order valence-electron chi connectivity index (χ3n) is 7.74. The Kier molecular flexibility index (Phi) is 6.33. The lowest BCUT2D eigenvalue weighted by Crippen LogP contribution is -2.39. The molecule has 5 rings (SSSR count). The Bertz CT molecular complexity index is 932. The molecule has 0 unspecified atom stereocenters.